The Labute approximate surface area is 103 Å². The maximum atomic E-state index is 14.1. The van der Waals surface area contributed by atoms with E-state index < -0.39 is 0 Å². The molecule has 1 aromatic heterocycles. The van der Waals surface area contributed by atoms with Crippen LogP contribution in [0.1, 0.15) is 0 Å². The van der Waals surface area contributed by atoms with Crippen LogP contribution in [0.3, 0.4) is 0 Å². The Kier molecular flexibility index (Phi) is 2.76. The van der Waals surface area contributed by atoms with Gasteiger partial charge in [-0.3, -0.25) is 4.79 Å². The summed E-state index contributed by atoms with van der Waals surface area (Å²) in [5.74, 6) is -0.239. The smallest absolute Gasteiger partial charge is 0.248 e. The average Bonchev–Trinajstić information content (AvgIpc) is 2.39. The molecule has 2 heterocycles. The molecule has 5 heteroatoms. The van der Waals surface area contributed by atoms with E-state index in [0.717, 1.165) is 26.2 Å². The Bertz CT molecular complexity index is 632. The summed E-state index contributed by atoms with van der Waals surface area (Å²) in [6, 6.07) is 6.24. The molecule has 0 atom stereocenters. The van der Waals surface area contributed by atoms with Gasteiger partial charge in [0.15, 0.2) is 0 Å². The highest BCUT2D eigenvalue weighted by Crippen LogP contribution is 2.24. The lowest BCUT2D eigenvalue weighted by Gasteiger charge is -2.29. The molecule has 3 rings (SSSR count). The Hall–Kier alpha value is -1.88. The number of piperazine rings is 1. The van der Waals surface area contributed by atoms with E-state index in [4.69, 9.17) is 0 Å². The molecule has 1 aliphatic heterocycles. The fourth-order valence-electron chi connectivity index (χ4n) is 2.31. The van der Waals surface area contributed by atoms with E-state index in [0.29, 0.717) is 16.6 Å². The fourth-order valence-corrected chi connectivity index (χ4v) is 2.31. The Morgan fingerprint density at radius 2 is 1.94 bits per heavy atom. The molecule has 0 bridgehead atoms. The molecular formula is C13H14FN3O. The van der Waals surface area contributed by atoms with Gasteiger partial charge in [0.2, 0.25) is 5.56 Å². The number of H-pyrrole nitrogens is 1. The SMILES string of the molecule is O=c1ccc2cc(F)c(N3CCNCC3)cc2[nH]1. The zero-order valence-electron chi connectivity index (χ0n) is 9.87. The summed E-state index contributed by atoms with van der Waals surface area (Å²) in [6.45, 7) is 3.25. The molecule has 2 aromatic rings. The molecule has 0 saturated carbocycles. The molecule has 0 radical (unpaired) electrons. The highest BCUT2D eigenvalue weighted by atomic mass is 19.1. The van der Waals surface area contributed by atoms with Crippen LogP contribution in [0.25, 0.3) is 10.9 Å². The first-order chi connectivity index (χ1) is 8.74. The summed E-state index contributed by atoms with van der Waals surface area (Å²) in [6.07, 6.45) is 0. The van der Waals surface area contributed by atoms with E-state index >= 15 is 0 Å². The molecule has 0 spiro atoms. The first-order valence-corrected chi connectivity index (χ1v) is 6.02. The number of fused-ring (bicyclic) bond motifs is 1. The standard InChI is InChI=1S/C13H14FN3O/c14-10-7-9-1-2-13(18)16-11(9)8-12(10)17-5-3-15-4-6-17/h1-2,7-8,15H,3-6H2,(H,16,18). The van der Waals surface area contributed by atoms with Crippen LogP contribution in [0.5, 0.6) is 0 Å². The first-order valence-electron chi connectivity index (χ1n) is 6.02. The number of nitrogens with one attached hydrogen (secondary N) is 2. The minimum Gasteiger partial charge on any atom is -0.367 e. The molecule has 1 aliphatic rings. The van der Waals surface area contributed by atoms with E-state index in [1.54, 1.807) is 12.1 Å². The minimum absolute atomic E-state index is 0.166. The number of halogens is 1. The van der Waals surface area contributed by atoms with Gasteiger partial charge >= 0.3 is 0 Å². The normalized spacial score (nSPS) is 16.2. The summed E-state index contributed by atoms with van der Waals surface area (Å²) >= 11 is 0. The summed E-state index contributed by atoms with van der Waals surface area (Å²) in [7, 11) is 0. The highest BCUT2D eigenvalue weighted by molar-refractivity contribution is 5.82. The number of aromatic amines is 1. The molecule has 0 aliphatic carbocycles. The third-order valence-electron chi connectivity index (χ3n) is 3.25. The lowest BCUT2D eigenvalue weighted by atomic mass is 10.1. The van der Waals surface area contributed by atoms with Gasteiger partial charge in [0.05, 0.1) is 11.2 Å². The summed E-state index contributed by atoms with van der Waals surface area (Å²) in [4.78, 5) is 16.0. The Balaban J connectivity index is 2.10. The molecule has 2 N–H and O–H groups in total. The predicted octanol–water partition coefficient (Wildman–Crippen LogP) is 1.08. The number of benzene rings is 1. The van der Waals surface area contributed by atoms with Crippen molar-refractivity contribution in [2.24, 2.45) is 0 Å². The van der Waals surface area contributed by atoms with Crippen molar-refractivity contribution in [1.82, 2.24) is 10.3 Å². The second kappa shape index (κ2) is 4.42. The molecule has 0 unspecified atom stereocenters. The molecule has 4 nitrogen and oxygen atoms in total. The van der Waals surface area contributed by atoms with Gasteiger partial charge in [-0.05, 0) is 18.2 Å². The molecule has 1 aromatic carbocycles. The lowest BCUT2D eigenvalue weighted by Crippen LogP contribution is -2.43. The van der Waals surface area contributed by atoms with Crippen LogP contribution in [0.15, 0.2) is 29.1 Å². The van der Waals surface area contributed by atoms with Gasteiger partial charge in [-0.25, -0.2) is 4.39 Å². The zero-order valence-corrected chi connectivity index (χ0v) is 9.87. The highest BCUT2D eigenvalue weighted by Gasteiger charge is 2.15. The maximum Gasteiger partial charge on any atom is 0.248 e. The van der Waals surface area contributed by atoms with Crippen molar-refractivity contribution in [3.05, 3.63) is 40.4 Å². The van der Waals surface area contributed by atoms with Crippen LogP contribution in [-0.2, 0) is 0 Å². The second-order valence-corrected chi connectivity index (χ2v) is 4.45. The summed E-state index contributed by atoms with van der Waals surface area (Å²) < 4.78 is 14.1. The van der Waals surface area contributed by atoms with E-state index in [1.807, 2.05) is 4.90 Å². The zero-order chi connectivity index (χ0) is 12.5. The van der Waals surface area contributed by atoms with Gasteiger partial charge in [-0.2, -0.15) is 0 Å². The number of hydrogen-bond donors (Lipinski definition) is 2. The van der Waals surface area contributed by atoms with Crippen LogP contribution in [-0.4, -0.2) is 31.2 Å². The molecule has 0 amide bonds. The van der Waals surface area contributed by atoms with Gasteiger partial charge in [0.25, 0.3) is 0 Å². The van der Waals surface area contributed by atoms with Crippen molar-refractivity contribution in [3.8, 4) is 0 Å². The summed E-state index contributed by atoms with van der Waals surface area (Å²) in [5.41, 5.74) is 1.07. The number of pyridine rings is 1. The van der Waals surface area contributed by atoms with Gasteiger partial charge in [-0.15, -0.1) is 0 Å². The van der Waals surface area contributed by atoms with Crippen molar-refractivity contribution in [1.29, 1.82) is 0 Å². The minimum atomic E-state index is -0.239. The van der Waals surface area contributed by atoms with E-state index in [-0.39, 0.29) is 11.4 Å². The Morgan fingerprint density at radius 1 is 1.17 bits per heavy atom. The number of anilines is 1. The molecule has 1 fully saturated rings. The van der Waals surface area contributed by atoms with Gasteiger partial charge in [0.1, 0.15) is 5.82 Å². The third kappa shape index (κ3) is 1.97. The van der Waals surface area contributed by atoms with Crippen molar-refractivity contribution in [2.75, 3.05) is 31.1 Å². The van der Waals surface area contributed by atoms with E-state index in [1.165, 1.54) is 12.1 Å². The van der Waals surface area contributed by atoms with Gasteiger partial charge < -0.3 is 15.2 Å². The van der Waals surface area contributed by atoms with Crippen LogP contribution < -0.4 is 15.8 Å². The molecule has 18 heavy (non-hydrogen) atoms. The Morgan fingerprint density at radius 3 is 2.72 bits per heavy atom. The number of hydrogen-bond acceptors (Lipinski definition) is 3. The third-order valence-corrected chi connectivity index (χ3v) is 3.25. The average molecular weight is 247 g/mol. The van der Waals surface area contributed by atoms with Gasteiger partial charge in [0, 0.05) is 37.6 Å². The summed E-state index contributed by atoms with van der Waals surface area (Å²) in [5, 5.41) is 3.94. The van der Waals surface area contributed by atoms with Crippen molar-refractivity contribution in [2.45, 2.75) is 0 Å². The quantitative estimate of drug-likeness (QED) is 0.792. The number of aromatic nitrogens is 1. The van der Waals surface area contributed by atoms with Crippen molar-refractivity contribution >= 4 is 16.6 Å². The largest absolute Gasteiger partial charge is 0.367 e. The maximum absolute atomic E-state index is 14.1. The topological polar surface area (TPSA) is 48.1 Å². The monoisotopic (exact) mass is 247 g/mol. The number of nitrogens with zero attached hydrogens (tertiary/aromatic N) is 1. The predicted molar refractivity (Wildman–Crippen MR) is 69.6 cm³/mol. The second-order valence-electron chi connectivity index (χ2n) is 4.45. The van der Waals surface area contributed by atoms with E-state index in [2.05, 4.69) is 10.3 Å². The number of rotatable bonds is 1. The van der Waals surface area contributed by atoms with Crippen LogP contribution in [0.2, 0.25) is 0 Å². The van der Waals surface area contributed by atoms with Crippen LogP contribution >= 0.6 is 0 Å². The van der Waals surface area contributed by atoms with Crippen molar-refractivity contribution < 1.29 is 4.39 Å². The molecule has 1 saturated heterocycles. The van der Waals surface area contributed by atoms with Crippen molar-refractivity contribution in [3.63, 3.8) is 0 Å². The first kappa shape index (κ1) is 11.2. The lowest BCUT2D eigenvalue weighted by molar-refractivity contribution is 0.567. The van der Waals surface area contributed by atoms with Crippen LogP contribution in [0, 0.1) is 5.82 Å². The molecule has 94 valence electrons. The van der Waals surface area contributed by atoms with E-state index in [9.17, 15) is 9.18 Å². The molecular weight excluding hydrogens is 233 g/mol. The van der Waals surface area contributed by atoms with Crippen LogP contribution in [0.4, 0.5) is 10.1 Å². The van der Waals surface area contributed by atoms with Gasteiger partial charge in [-0.1, -0.05) is 0 Å². The fraction of sp³-hybridized carbons (Fsp3) is 0.308.